The lowest BCUT2D eigenvalue weighted by Crippen LogP contribution is -2.10. The van der Waals surface area contributed by atoms with Gasteiger partial charge in [-0.2, -0.15) is 9.37 Å². The molecule has 0 amide bonds. The molecule has 2 heterocycles. The van der Waals surface area contributed by atoms with Crippen molar-refractivity contribution in [2.75, 3.05) is 6.01 Å². The van der Waals surface area contributed by atoms with Gasteiger partial charge in [0.1, 0.15) is 0 Å². The van der Waals surface area contributed by atoms with Crippen LogP contribution < -0.4 is 0 Å². The number of hydrogen-bond acceptors (Lipinski definition) is 3. The Hall–Kier alpha value is -1.47. The topological polar surface area (TPSA) is 53.8 Å². The van der Waals surface area contributed by atoms with Crippen molar-refractivity contribution in [3.63, 3.8) is 0 Å². The summed E-state index contributed by atoms with van der Waals surface area (Å²) in [5.74, 6) is 0.130. The van der Waals surface area contributed by atoms with E-state index in [4.69, 9.17) is 0 Å². The van der Waals surface area contributed by atoms with Crippen LogP contribution in [0.4, 0.5) is 8.78 Å². The van der Waals surface area contributed by atoms with E-state index in [9.17, 15) is 13.3 Å². The predicted molar refractivity (Wildman–Crippen MR) is 65.5 cm³/mol. The molecule has 1 aliphatic heterocycles. The Morgan fingerprint density at radius 3 is 2.79 bits per heavy atom. The van der Waals surface area contributed by atoms with Crippen molar-refractivity contribution in [3.05, 3.63) is 41.7 Å². The van der Waals surface area contributed by atoms with Crippen LogP contribution in [0.1, 0.15) is 30.0 Å². The van der Waals surface area contributed by atoms with Crippen molar-refractivity contribution in [3.8, 4) is 0 Å². The fourth-order valence-electron chi connectivity index (χ4n) is 2.26. The molecule has 0 fully saturated rings. The monoisotopic (exact) mass is 283 g/mol. The second-order valence-electron chi connectivity index (χ2n) is 4.28. The summed E-state index contributed by atoms with van der Waals surface area (Å²) >= 11 is -1.91. The number of rotatable bonds is 3. The third kappa shape index (κ3) is 2.12. The molecule has 0 saturated carbocycles. The second kappa shape index (κ2) is 4.90. The van der Waals surface area contributed by atoms with E-state index in [1.807, 2.05) is 30.3 Å². The maximum atomic E-state index is 13.9. The number of halogens is 2. The molecule has 0 radical (unpaired) electrons. The van der Waals surface area contributed by atoms with E-state index in [0.717, 1.165) is 5.56 Å². The smallest absolute Gasteiger partial charge is 0.364 e. The van der Waals surface area contributed by atoms with E-state index >= 15 is 0 Å². The van der Waals surface area contributed by atoms with Gasteiger partial charge in [-0.25, -0.2) is 9.07 Å². The van der Waals surface area contributed by atoms with Gasteiger partial charge in [-0.15, -0.1) is 5.10 Å². The van der Waals surface area contributed by atoms with Gasteiger partial charge in [0.05, 0.1) is 17.2 Å². The average molecular weight is 283 g/mol. The molecule has 1 unspecified atom stereocenters. The summed E-state index contributed by atoms with van der Waals surface area (Å²) in [6.07, 6.45) is -1.01. The zero-order chi connectivity index (χ0) is 13.4. The Kier molecular flexibility index (Phi) is 3.24. The molecule has 1 aliphatic rings. The molecule has 0 N–H and O–H groups in total. The van der Waals surface area contributed by atoms with Gasteiger partial charge in [0.25, 0.3) is 6.01 Å². The second-order valence-corrected chi connectivity index (χ2v) is 5.56. The van der Waals surface area contributed by atoms with E-state index in [1.165, 1.54) is 4.68 Å². The van der Waals surface area contributed by atoms with Crippen LogP contribution in [-0.2, 0) is 11.2 Å². The highest BCUT2D eigenvalue weighted by molar-refractivity contribution is 7.91. The van der Waals surface area contributed by atoms with Gasteiger partial charge >= 0.3 is 5.16 Å². The Morgan fingerprint density at radius 2 is 2.11 bits per heavy atom. The molecule has 1 aromatic carbocycles. The summed E-state index contributed by atoms with van der Waals surface area (Å²) < 4.78 is 39.0. The van der Waals surface area contributed by atoms with E-state index < -0.39 is 23.4 Å². The van der Waals surface area contributed by atoms with Crippen molar-refractivity contribution in [1.29, 1.82) is 0 Å². The summed E-state index contributed by atoms with van der Waals surface area (Å²) in [4.78, 5) is 3.85. The summed E-state index contributed by atoms with van der Waals surface area (Å²) in [5, 5.41) is 3.86. The Bertz CT molecular complexity index is 578. The number of fused-ring (bicyclic) bond motifs is 1. The van der Waals surface area contributed by atoms with Crippen LogP contribution >= 0.6 is 0 Å². The van der Waals surface area contributed by atoms with Crippen LogP contribution in [0.5, 0.6) is 0 Å². The van der Waals surface area contributed by atoms with Crippen molar-refractivity contribution in [2.45, 2.75) is 23.8 Å². The zero-order valence-corrected chi connectivity index (χ0v) is 10.7. The van der Waals surface area contributed by atoms with Crippen molar-refractivity contribution < 1.29 is 13.3 Å². The van der Waals surface area contributed by atoms with E-state index in [1.54, 1.807) is 0 Å². The maximum absolute atomic E-state index is 13.9. The number of nitrogens with zero attached hydrogens (tertiary/aromatic N) is 3. The minimum atomic E-state index is -1.91. The van der Waals surface area contributed by atoms with Gasteiger partial charge in [-0.05, 0) is 5.56 Å². The van der Waals surface area contributed by atoms with Gasteiger partial charge in [-0.1, -0.05) is 30.3 Å². The molecular weight excluding hydrogens is 272 g/mol. The highest BCUT2D eigenvalue weighted by atomic mass is 32.2. The Labute approximate surface area is 111 Å². The van der Waals surface area contributed by atoms with Crippen LogP contribution in [0.25, 0.3) is 0 Å². The maximum Gasteiger partial charge on any atom is 0.364 e. The Morgan fingerprint density at radius 1 is 1.37 bits per heavy atom. The van der Waals surface area contributed by atoms with Crippen molar-refractivity contribution in [1.82, 2.24) is 14.8 Å². The van der Waals surface area contributed by atoms with Crippen molar-refractivity contribution in [2.24, 2.45) is 0 Å². The first kappa shape index (κ1) is 12.6. The predicted octanol–water partition coefficient (Wildman–Crippen LogP) is 2.32. The highest BCUT2D eigenvalue weighted by Crippen LogP contribution is 2.39. The molecule has 7 heteroatoms. The van der Waals surface area contributed by atoms with Crippen LogP contribution in [0, 0.1) is 0 Å². The van der Waals surface area contributed by atoms with Crippen LogP contribution in [-0.4, -0.2) is 25.3 Å². The molecule has 0 aliphatic carbocycles. The number of aromatic nitrogens is 3. The summed E-state index contributed by atoms with van der Waals surface area (Å²) in [7, 11) is 0. The lowest BCUT2D eigenvalue weighted by molar-refractivity contribution is 0.326. The van der Waals surface area contributed by atoms with Gasteiger partial charge in [-0.3, -0.25) is 0 Å². The van der Waals surface area contributed by atoms with Crippen LogP contribution in [0.2, 0.25) is 0 Å². The SMILES string of the molecule is [O-][S+](CF)c1nc2n(n1)[C@H](c1ccccc1)C[C@@H]2F. The summed E-state index contributed by atoms with van der Waals surface area (Å²) in [5.41, 5.74) is 0.909. The average Bonchev–Trinajstić information content (AvgIpc) is 3.00. The number of hydrogen-bond donors (Lipinski definition) is 0. The first-order valence-electron chi connectivity index (χ1n) is 5.80. The molecule has 1 aromatic heterocycles. The van der Waals surface area contributed by atoms with Gasteiger partial charge < -0.3 is 4.55 Å². The molecular formula is C12H11F2N3OS. The van der Waals surface area contributed by atoms with Gasteiger partial charge in [0, 0.05) is 6.42 Å². The molecule has 19 heavy (non-hydrogen) atoms. The first-order valence-corrected chi connectivity index (χ1v) is 7.12. The van der Waals surface area contributed by atoms with Crippen molar-refractivity contribution >= 4 is 11.2 Å². The van der Waals surface area contributed by atoms with E-state index in [0.29, 0.717) is 0 Å². The Balaban J connectivity index is 1.99. The van der Waals surface area contributed by atoms with Gasteiger partial charge in [0.15, 0.2) is 12.0 Å². The standard InChI is InChI=1S/C12H11F2N3OS/c13-7-19(18)12-15-11-9(14)6-10(17(11)16-12)8-4-2-1-3-5-8/h1-5,9-10H,6-7H2/t9-,10-,19?/m0/s1. The van der Waals surface area contributed by atoms with Crippen LogP contribution in [0.15, 0.2) is 35.5 Å². The molecule has 100 valence electrons. The highest BCUT2D eigenvalue weighted by Gasteiger charge is 2.37. The fraction of sp³-hybridized carbons (Fsp3) is 0.333. The van der Waals surface area contributed by atoms with Crippen LogP contribution in [0.3, 0.4) is 0 Å². The zero-order valence-electron chi connectivity index (χ0n) is 9.87. The van der Waals surface area contributed by atoms with E-state index in [-0.39, 0.29) is 23.4 Å². The quantitative estimate of drug-likeness (QED) is 0.812. The molecule has 3 atom stereocenters. The largest absolute Gasteiger partial charge is 0.607 e. The minimum Gasteiger partial charge on any atom is -0.607 e. The molecule has 0 saturated heterocycles. The first-order chi connectivity index (χ1) is 9.20. The summed E-state index contributed by atoms with van der Waals surface area (Å²) in [6, 6.07) is 8.01. The lowest BCUT2D eigenvalue weighted by atomic mass is 10.0. The minimum absolute atomic E-state index is 0.130. The molecule has 4 nitrogen and oxygen atoms in total. The van der Waals surface area contributed by atoms with Gasteiger partial charge in [0.2, 0.25) is 0 Å². The molecule has 2 aromatic rings. The third-order valence-corrected chi connectivity index (χ3v) is 3.91. The van der Waals surface area contributed by atoms with E-state index in [2.05, 4.69) is 10.1 Å². The molecule has 0 bridgehead atoms. The summed E-state index contributed by atoms with van der Waals surface area (Å²) in [6.45, 7) is 0. The normalized spacial score (nSPS) is 23.3. The lowest BCUT2D eigenvalue weighted by Gasteiger charge is -2.11. The molecule has 3 rings (SSSR count). The molecule has 0 spiro atoms. The third-order valence-electron chi connectivity index (χ3n) is 3.13. The number of benzene rings is 1. The number of alkyl halides is 2. The fourth-order valence-corrected chi connectivity index (χ4v) is 2.73.